The van der Waals surface area contributed by atoms with Crippen LogP contribution in [0.25, 0.3) is 0 Å². The first-order valence-corrected chi connectivity index (χ1v) is 8.10. The largest absolute Gasteiger partial charge is 0.389 e. The number of nitrogens with two attached hydrogens (primary N) is 1. The summed E-state index contributed by atoms with van der Waals surface area (Å²) >= 11 is 6.95. The normalized spacial score (nSPS) is 17.9. The quantitative estimate of drug-likeness (QED) is 0.855. The fraction of sp³-hybridized carbons (Fsp3) is 0.312. The number of nitrogens with zero attached hydrogens (tertiary/aromatic N) is 1. The summed E-state index contributed by atoms with van der Waals surface area (Å²) < 4.78 is 0. The van der Waals surface area contributed by atoms with E-state index in [4.69, 9.17) is 18.0 Å². The highest BCUT2D eigenvalue weighted by atomic mass is 32.1. The first-order valence-electron chi connectivity index (χ1n) is 6.81. The molecule has 2 aromatic rings. The van der Waals surface area contributed by atoms with Crippen LogP contribution in [0, 0.1) is 6.92 Å². The van der Waals surface area contributed by atoms with E-state index in [1.165, 1.54) is 16.1 Å². The molecule has 1 aliphatic heterocycles. The summed E-state index contributed by atoms with van der Waals surface area (Å²) in [5.41, 5.74) is 10.6. The van der Waals surface area contributed by atoms with Crippen LogP contribution in [0.3, 0.4) is 0 Å². The van der Waals surface area contributed by atoms with Gasteiger partial charge in [-0.15, -0.1) is 11.3 Å². The first-order chi connectivity index (χ1) is 9.58. The molecular weight excluding hydrogens is 284 g/mol. The molecule has 0 bridgehead atoms. The van der Waals surface area contributed by atoms with Crippen LogP contribution in [0.1, 0.15) is 34.5 Å². The van der Waals surface area contributed by atoms with Crippen molar-refractivity contribution in [1.29, 1.82) is 0 Å². The van der Waals surface area contributed by atoms with Crippen LogP contribution < -0.4 is 10.6 Å². The molecule has 1 aromatic heterocycles. The maximum absolute atomic E-state index is 5.74. The molecule has 4 heteroatoms. The van der Waals surface area contributed by atoms with E-state index >= 15 is 0 Å². The fourth-order valence-electron chi connectivity index (χ4n) is 2.97. The number of aryl methyl sites for hydroxylation is 1. The van der Waals surface area contributed by atoms with Gasteiger partial charge in [0.05, 0.1) is 6.04 Å². The maximum atomic E-state index is 5.74. The Hall–Kier alpha value is -1.39. The van der Waals surface area contributed by atoms with Crippen LogP contribution >= 0.6 is 23.6 Å². The second-order valence-electron chi connectivity index (χ2n) is 5.28. The lowest BCUT2D eigenvalue weighted by Gasteiger charge is -2.36. The molecule has 2 N–H and O–H groups in total. The van der Waals surface area contributed by atoms with Gasteiger partial charge in [0, 0.05) is 22.7 Å². The number of benzene rings is 1. The fourth-order valence-corrected chi connectivity index (χ4v) is 4.16. The summed E-state index contributed by atoms with van der Waals surface area (Å²) in [6, 6.07) is 9.06. The molecule has 20 heavy (non-hydrogen) atoms. The Morgan fingerprint density at radius 3 is 2.90 bits per heavy atom. The molecule has 0 fully saturated rings. The third-order valence-corrected chi connectivity index (χ3v) is 5.30. The average Bonchev–Trinajstić information content (AvgIpc) is 2.87. The minimum Gasteiger partial charge on any atom is -0.389 e. The molecule has 0 saturated carbocycles. The van der Waals surface area contributed by atoms with Gasteiger partial charge in [-0.25, -0.2) is 0 Å². The van der Waals surface area contributed by atoms with Crippen molar-refractivity contribution in [3.63, 3.8) is 0 Å². The number of thiophene rings is 1. The summed E-state index contributed by atoms with van der Waals surface area (Å²) in [4.78, 5) is 4.47. The van der Waals surface area contributed by atoms with Gasteiger partial charge in [-0.05, 0) is 61.0 Å². The van der Waals surface area contributed by atoms with Crippen molar-refractivity contribution in [2.75, 3.05) is 11.4 Å². The lowest BCUT2D eigenvalue weighted by atomic mass is 9.99. The Bertz CT molecular complexity index is 660. The van der Waals surface area contributed by atoms with Crippen molar-refractivity contribution in [2.24, 2.45) is 5.73 Å². The van der Waals surface area contributed by atoms with E-state index in [2.05, 4.69) is 42.3 Å². The van der Waals surface area contributed by atoms with Crippen molar-refractivity contribution in [2.45, 2.75) is 26.3 Å². The van der Waals surface area contributed by atoms with Gasteiger partial charge in [0.25, 0.3) is 0 Å². The molecular formula is C16H18N2S2. The SMILES string of the molecule is Cc1cc(N2CCc3sccc3C2C)ccc1C(N)=S. The van der Waals surface area contributed by atoms with E-state index in [-0.39, 0.29) is 0 Å². The molecule has 3 rings (SSSR count). The summed E-state index contributed by atoms with van der Waals surface area (Å²) in [6.45, 7) is 5.42. The van der Waals surface area contributed by atoms with Gasteiger partial charge in [0.2, 0.25) is 0 Å². The molecule has 0 spiro atoms. The van der Waals surface area contributed by atoms with Crippen molar-refractivity contribution in [3.8, 4) is 0 Å². The maximum Gasteiger partial charge on any atom is 0.104 e. The van der Waals surface area contributed by atoms with Gasteiger partial charge < -0.3 is 10.6 Å². The van der Waals surface area contributed by atoms with Crippen LogP contribution in [-0.4, -0.2) is 11.5 Å². The monoisotopic (exact) mass is 302 g/mol. The van der Waals surface area contributed by atoms with Gasteiger partial charge in [-0.2, -0.15) is 0 Å². The van der Waals surface area contributed by atoms with E-state index in [0.717, 1.165) is 24.1 Å². The number of hydrogen-bond donors (Lipinski definition) is 1. The van der Waals surface area contributed by atoms with Gasteiger partial charge in [0.1, 0.15) is 4.99 Å². The second kappa shape index (κ2) is 5.19. The standard InChI is InChI=1S/C16H18N2S2/c1-10-9-12(3-4-13(10)16(17)19)18-7-5-15-14(11(18)2)6-8-20-15/h3-4,6,8-9,11H,5,7H2,1-2H3,(H2,17,19). The lowest BCUT2D eigenvalue weighted by molar-refractivity contribution is 0.632. The van der Waals surface area contributed by atoms with E-state index < -0.39 is 0 Å². The van der Waals surface area contributed by atoms with Crippen molar-refractivity contribution in [3.05, 3.63) is 51.2 Å². The molecule has 0 radical (unpaired) electrons. The van der Waals surface area contributed by atoms with Gasteiger partial charge in [-0.1, -0.05) is 12.2 Å². The molecule has 0 saturated heterocycles. The van der Waals surface area contributed by atoms with Crippen LogP contribution in [-0.2, 0) is 6.42 Å². The summed E-state index contributed by atoms with van der Waals surface area (Å²) in [5, 5.41) is 2.20. The summed E-state index contributed by atoms with van der Waals surface area (Å²) in [5.74, 6) is 0. The predicted octanol–water partition coefficient (Wildman–Crippen LogP) is 3.81. The topological polar surface area (TPSA) is 29.3 Å². The zero-order valence-electron chi connectivity index (χ0n) is 11.7. The van der Waals surface area contributed by atoms with Gasteiger partial charge in [0.15, 0.2) is 0 Å². The Kier molecular flexibility index (Phi) is 3.52. The molecule has 0 amide bonds. The smallest absolute Gasteiger partial charge is 0.104 e. The Labute approximate surface area is 129 Å². The van der Waals surface area contributed by atoms with Crippen molar-refractivity contribution < 1.29 is 0 Å². The predicted molar refractivity (Wildman–Crippen MR) is 90.9 cm³/mol. The van der Waals surface area contributed by atoms with Crippen molar-refractivity contribution >= 4 is 34.2 Å². The Morgan fingerprint density at radius 2 is 2.20 bits per heavy atom. The van der Waals surface area contributed by atoms with Crippen LogP contribution in [0.4, 0.5) is 5.69 Å². The molecule has 2 nitrogen and oxygen atoms in total. The van der Waals surface area contributed by atoms with Gasteiger partial charge >= 0.3 is 0 Å². The highest BCUT2D eigenvalue weighted by Gasteiger charge is 2.25. The lowest BCUT2D eigenvalue weighted by Crippen LogP contribution is -2.33. The Morgan fingerprint density at radius 1 is 1.40 bits per heavy atom. The molecule has 2 heterocycles. The number of fused-ring (bicyclic) bond motifs is 1. The average molecular weight is 302 g/mol. The Balaban J connectivity index is 1.95. The van der Waals surface area contributed by atoms with E-state index in [1.54, 1.807) is 0 Å². The van der Waals surface area contributed by atoms with E-state index in [0.29, 0.717) is 11.0 Å². The molecule has 1 atom stereocenters. The van der Waals surface area contributed by atoms with E-state index in [1.807, 2.05) is 17.4 Å². The number of hydrogen-bond acceptors (Lipinski definition) is 3. The zero-order valence-corrected chi connectivity index (χ0v) is 13.4. The van der Waals surface area contributed by atoms with E-state index in [9.17, 15) is 0 Å². The molecule has 0 aliphatic carbocycles. The number of anilines is 1. The highest BCUT2D eigenvalue weighted by Crippen LogP contribution is 2.36. The first kappa shape index (κ1) is 13.6. The minimum absolute atomic E-state index is 0.431. The number of rotatable bonds is 2. The minimum atomic E-state index is 0.431. The summed E-state index contributed by atoms with van der Waals surface area (Å²) in [7, 11) is 0. The molecule has 1 unspecified atom stereocenters. The number of thiocarbonyl (C=S) groups is 1. The summed E-state index contributed by atoms with van der Waals surface area (Å²) in [6.07, 6.45) is 1.13. The van der Waals surface area contributed by atoms with Gasteiger partial charge in [-0.3, -0.25) is 0 Å². The van der Waals surface area contributed by atoms with Crippen LogP contribution in [0.5, 0.6) is 0 Å². The van der Waals surface area contributed by atoms with Crippen LogP contribution in [0.15, 0.2) is 29.6 Å². The molecule has 1 aromatic carbocycles. The van der Waals surface area contributed by atoms with Crippen molar-refractivity contribution in [1.82, 2.24) is 0 Å². The van der Waals surface area contributed by atoms with Crippen LogP contribution in [0.2, 0.25) is 0 Å². The molecule has 104 valence electrons. The third kappa shape index (κ3) is 2.23. The highest BCUT2D eigenvalue weighted by molar-refractivity contribution is 7.80. The second-order valence-corrected chi connectivity index (χ2v) is 6.72. The molecule has 1 aliphatic rings. The third-order valence-electron chi connectivity index (χ3n) is 4.08. The zero-order chi connectivity index (χ0) is 14.3.